The van der Waals surface area contributed by atoms with Gasteiger partial charge in [-0.3, -0.25) is 34.6 Å². The quantitative estimate of drug-likeness (QED) is 0.142. The molecule has 4 aromatic carbocycles. The maximum Gasteiger partial charge on any atom is 0.311 e. The Hall–Kier alpha value is -6.42. The first kappa shape index (κ1) is 33.9. The Kier molecular flexibility index (Phi) is 10.1. The van der Waals surface area contributed by atoms with E-state index in [2.05, 4.69) is 16.0 Å². The number of nitrogens with one attached hydrogen (secondary N) is 3. The lowest BCUT2D eigenvalue weighted by Gasteiger charge is -2.26. The molecule has 0 fully saturated rings. The SMILES string of the molecule is O=C(Cc1ccc([N+](=O)[O-])c(F)c1)N[C@@H]1Cc2ccc(c([N+](=O)[O-])c2)Oc2cccc(c2)[C@H](CO)NC(=O)[C@H](c2cccc(O)c2)NC1=O. The van der Waals surface area contributed by atoms with Crippen LogP contribution in [-0.4, -0.2) is 50.4 Å². The Morgan fingerprint density at radius 1 is 0.898 bits per heavy atom. The van der Waals surface area contributed by atoms with Crippen LogP contribution in [-0.2, 0) is 27.2 Å². The van der Waals surface area contributed by atoms with E-state index in [1.165, 1.54) is 60.7 Å². The Bertz CT molecular complexity index is 1950. The molecule has 2 aliphatic rings. The van der Waals surface area contributed by atoms with Crippen molar-refractivity contribution < 1.29 is 43.6 Å². The monoisotopic (exact) mass is 673 g/mol. The average molecular weight is 674 g/mol. The van der Waals surface area contributed by atoms with E-state index < -0.39 is 75.9 Å². The van der Waals surface area contributed by atoms with Gasteiger partial charge in [-0.1, -0.05) is 36.4 Å². The van der Waals surface area contributed by atoms with Crippen LogP contribution in [0.25, 0.3) is 0 Å². The zero-order valence-electron chi connectivity index (χ0n) is 25.4. The maximum absolute atomic E-state index is 14.2. The number of aliphatic hydroxyl groups is 1. The van der Waals surface area contributed by atoms with Crippen LogP contribution in [0.1, 0.15) is 34.3 Å². The molecule has 15 nitrogen and oxygen atoms in total. The lowest BCUT2D eigenvalue weighted by molar-refractivity contribution is -0.387. The molecule has 0 unspecified atom stereocenters. The van der Waals surface area contributed by atoms with Gasteiger partial charge in [-0.15, -0.1) is 0 Å². The number of carbonyl (C=O) groups is 3. The molecule has 2 heterocycles. The van der Waals surface area contributed by atoms with Gasteiger partial charge in [-0.2, -0.15) is 4.39 Å². The zero-order valence-corrected chi connectivity index (χ0v) is 25.4. The molecular formula is C33H28FN5O10. The van der Waals surface area contributed by atoms with Crippen molar-refractivity contribution in [2.24, 2.45) is 0 Å². The molecule has 3 amide bonds. The van der Waals surface area contributed by atoms with Gasteiger partial charge in [0.05, 0.1) is 28.9 Å². The van der Waals surface area contributed by atoms with Crippen molar-refractivity contribution in [1.29, 1.82) is 0 Å². The third-order valence-corrected chi connectivity index (χ3v) is 7.62. The van der Waals surface area contributed by atoms with Gasteiger partial charge in [0.1, 0.15) is 23.6 Å². The summed E-state index contributed by atoms with van der Waals surface area (Å²) in [5.74, 6) is -3.88. The van der Waals surface area contributed by atoms with Crippen molar-refractivity contribution in [2.75, 3.05) is 6.61 Å². The highest BCUT2D eigenvalue weighted by molar-refractivity contribution is 5.93. The van der Waals surface area contributed by atoms with Crippen molar-refractivity contribution in [1.82, 2.24) is 16.0 Å². The Labute approximate surface area is 276 Å². The van der Waals surface area contributed by atoms with Gasteiger partial charge < -0.3 is 30.9 Å². The largest absolute Gasteiger partial charge is 0.508 e. The number of hydrogen-bond acceptors (Lipinski definition) is 10. The fraction of sp³-hybridized carbons (Fsp3) is 0.182. The number of halogens is 1. The first-order valence-electron chi connectivity index (χ1n) is 14.7. The number of benzene rings is 4. The average Bonchev–Trinajstić information content (AvgIpc) is 3.05. The standard InChI is InChI=1S/C33H28FN5O10/c34-24-11-18(7-9-27(24)38(45)46)14-30(42)35-25-12-19-8-10-29(28(13-19)39(47)48)49-23-6-2-3-20(16-23)26(17-40)36-33(44)31(37-32(25)43)21-4-1-5-22(41)15-21/h1-11,13,15-16,25-26,31,40-41H,12,14,17H2,(H,35,42)(H,36,44)(H,37,43)/t25-,26+,31+/m1/s1. The second kappa shape index (κ2) is 14.6. The number of aromatic hydroxyl groups is 1. The fourth-order valence-electron chi connectivity index (χ4n) is 5.26. The molecule has 16 heteroatoms. The van der Waals surface area contributed by atoms with Crippen molar-refractivity contribution >= 4 is 29.1 Å². The Morgan fingerprint density at radius 3 is 2.33 bits per heavy atom. The minimum atomic E-state index is -1.47. The minimum absolute atomic E-state index is 0.0571. The maximum atomic E-state index is 14.2. The van der Waals surface area contributed by atoms with Gasteiger partial charge in [0.2, 0.25) is 29.3 Å². The second-order valence-corrected chi connectivity index (χ2v) is 11.1. The van der Waals surface area contributed by atoms with Crippen LogP contribution in [0.2, 0.25) is 0 Å². The van der Waals surface area contributed by atoms with Crippen molar-refractivity contribution in [3.05, 3.63) is 133 Å². The van der Waals surface area contributed by atoms with E-state index in [-0.39, 0.29) is 40.4 Å². The predicted octanol–water partition coefficient (Wildman–Crippen LogP) is 3.43. The number of rotatable bonds is 7. The molecule has 0 aromatic heterocycles. The summed E-state index contributed by atoms with van der Waals surface area (Å²) in [5, 5.41) is 51.1. The molecule has 252 valence electrons. The number of ether oxygens (including phenoxy) is 1. The van der Waals surface area contributed by atoms with E-state index in [1.54, 1.807) is 12.1 Å². The van der Waals surface area contributed by atoms with Gasteiger partial charge in [0.25, 0.3) is 0 Å². The number of carbonyl (C=O) groups excluding carboxylic acids is 3. The highest BCUT2D eigenvalue weighted by Gasteiger charge is 2.31. The summed E-state index contributed by atoms with van der Waals surface area (Å²) in [6, 6.07) is 14.5. The van der Waals surface area contributed by atoms with Crippen LogP contribution in [0.15, 0.2) is 84.9 Å². The lowest BCUT2D eigenvalue weighted by atomic mass is 10.0. The number of nitro benzene ring substituents is 2. The highest BCUT2D eigenvalue weighted by atomic mass is 19.1. The lowest BCUT2D eigenvalue weighted by Crippen LogP contribution is -2.51. The van der Waals surface area contributed by atoms with Crippen LogP contribution in [0, 0.1) is 26.0 Å². The molecule has 2 aliphatic heterocycles. The van der Waals surface area contributed by atoms with Gasteiger partial charge in [0, 0.05) is 18.6 Å². The van der Waals surface area contributed by atoms with Crippen LogP contribution in [0.3, 0.4) is 0 Å². The molecule has 4 aromatic rings. The summed E-state index contributed by atoms with van der Waals surface area (Å²) in [4.78, 5) is 62.2. The number of phenolic OH excluding ortho intramolecular Hbond substituents is 1. The number of hydrogen-bond donors (Lipinski definition) is 5. The second-order valence-electron chi connectivity index (χ2n) is 11.1. The topological polar surface area (TPSA) is 223 Å². The summed E-state index contributed by atoms with van der Waals surface area (Å²) in [6.07, 6.45) is -0.825. The molecule has 5 N–H and O–H groups in total. The van der Waals surface area contributed by atoms with E-state index in [9.17, 15) is 49.2 Å². The van der Waals surface area contributed by atoms with Crippen molar-refractivity contribution in [2.45, 2.75) is 31.0 Å². The summed E-state index contributed by atoms with van der Waals surface area (Å²) >= 11 is 0. The van der Waals surface area contributed by atoms with Crippen LogP contribution in [0.4, 0.5) is 15.8 Å². The number of fused-ring (bicyclic) bond motifs is 9. The van der Waals surface area contributed by atoms with Gasteiger partial charge >= 0.3 is 11.4 Å². The van der Waals surface area contributed by atoms with E-state index in [4.69, 9.17) is 4.74 Å². The molecule has 0 saturated carbocycles. The number of aliphatic hydroxyl groups excluding tert-OH is 1. The first-order valence-corrected chi connectivity index (χ1v) is 14.7. The molecule has 0 saturated heterocycles. The zero-order chi connectivity index (χ0) is 35.2. The number of nitro groups is 2. The summed E-state index contributed by atoms with van der Waals surface area (Å²) < 4.78 is 20.1. The molecule has 6 rings (SSSR count). The number of nitrogens with zero attached hydrogens (tertiary/aromatic N) is 2. The Morgan fingerprint density at radius 2 is 1.63 bits per heavy atom. The number of amides is 3. The van der Waals surface area contributed by atoms with Crippen LogP contribution < -0.4 is 20.7 Å². The normalized spacial score (nSPS) is 17.7. The number of phenols is 1. The third kappa shape index (κ3) is 8.12. The Balaban J connectivity index is 1.55. The third-order valence-electron chi connectivity index (χ3n) is 7.62. The molecule has 3 atom stereocenters. The van der Waals surface area contributed by atoms with Crippen LogP contribution >= 0.6 is 0 Å². The summed E-state index contributed by atoms with van der Waals surface area (Å²) in [5.41, 5.74) is -0.448. The predicted molar refractivity (Wildman–Crippen MR) is 169 cm³/mol. The van der Waals surface area contributed by atoms with E-state index in [1.807, 2.05) is 0 Å². The van der Waals surface area contributed by atoms with Gasteiger partial charge in [-0.25, -0.2) is 0 Å². The van der Waals surface area contributed by atoms with Crippen molar-refractivity contribution in [3.8, 4) is 17.2 Å². The van der Waals surface area contributed by atoms with Crippen molar-refractivity contribution in [3.63, 3.8) is 0 Å². The summed E-state index contributed by atoms with van der Waals surface area (Å²) in [6.45, 7) is -0.591. The molecule has 49 heavy (non-hydrogen) atoms. The molecule has 0 aliphatic carbocycles. The van der Waals surface area contributed by atoms with Gasteiger partial charge in [-0.05, 0) is 58.7 Å². The smallest absolute Gasteiger partial charge is 0.311 e. The van der Waals surface area contributed by atoms with E-state index in [0.29, 0.717) is 5.56 Å². The molecule has 0 spiro atoms. The minimum Gasteiger partial charge on any atom is -0.508 e. The summed E-state index contributed by atoms with van der Waals surface area (Å²) in [7, 11) is 0. The van der Waals surface area contributed by atoms with Crippen LogP contribution in [0.5, 0.6) is 17.2 Å². The molecule has 0 radical (unpaired) electrons. The fourth-order valence-corrected chi connectivity index (χ4v) is 5.26. The van der Waals surface area contributed by atoms with E-state index in [0.717, 1.165) is 12.1 Å². The first-order chi connectivity index (χ1) is 23.4. The molecule has 4 bridgehead atoms. The van der Waals surface area contributed by atoms with Gasteiger partial charge in [0.15, 0.2) is 0 Å². The highest BCUT2D eigenvalue weighted by Crippen LogP contribution is 2.34. The van der Waals surface area contributed by atoms with E-state index >= 15 is 0 Å². The molecular weight excluding hydrogens is 645 g/mol.